The van der Waals surface area contributed by atoms with Crippen molar-refractivity contribution < 1.29 is 9.47 Å². The molecule has 2 unspecified atom stereocenters. The molecule has 1 aliphatic rings. The second-order valence-electron chi connectivity index (χ2n) is 9.23. The Morgan fingerprint density at radius 3 is 2.74 bits per heavy atom. The zero-order chi connectivity index (χ0) is 23.9. The van der Waals surface area contributed by atoms with Crippen molar-refractivity contribution in [1.29, 1.82) is 0 Å². The van der Waals surface area contributed by atoms with Crippen molar-refractivity contribution in [2.75, 3.05) is 33.0 Å². The first-order chi connectivity index (χ1) is 16.6. The number of methoxy groups -OCH3 is 2. The predicted molar refractivity (Wildman–Crippen MR) is 142 cm³/mol. The van der Waals surface area contributed by atoms with Crippen molar-refractivity contribution in [2.45, 2.75) is 63.3 Å². The lowest BCUT2D eigenvalue weighted by Crippen LogP contribution is -2.33. The number of hydrogen-bond acceptors (Lipinski definition) is 7. The number of rotatable bonds is 12. The minimum Gasteiger partial charge on any atom is -0.493 e. The van der Waals surface area contributed by atoms with Crippen LogP contribution >= 0.6 is 11.3 Å². The van der Waals surface area contributed by atoms with Crippen molar-refractivity contribution in [3.8, 4) is 11.5 Å². The van der Waals surface area contributed by atoms with Crippen LogP contribution in [0.2, 0.25) is 0 Å². The fourth-order valence-electron chi connectivity index (χ4n) is 5.19. The van der Waals surface area contributed by atoms with Gasteiger partial charge in [-0.15, -0.1) is 0 Å². The molecule has 1 aliphatic carbocycles. The molecule has 0 bridgehead atoms. The van der Waals surface area contributed by atoms with E-state index in [4.69, 9.17) is 20.9 Å². The van der Waals surface area contributed by atoms with Crippen LogP contribution in [0, 0.1) is 0 Å². The number of nitrogens with two attached hydrogens (primary N) is 2. The Hall–Kier alpha value is -2.35. The van der Waals surface area contributed by atoms with Gasteiger partial charge in [-0.05, 0) is 80.4 Å². The van der Waals surface area contributed by atoms with Crippen molar-refractivity contribution in [3.05, 3.63) is 47.0 Å². The summed E-state index contributed by atoms with van der Waals surface area (Å²) in [6, 6.07) is 10.9. The molecule has 0 aliphatic heterocycles. The number of fused-ring (bicyclic) bond motifs is 2. The first kappa shape index (κ1) is 24.8. The second-order valence-corrected chi connectivity index (χ2v) is 10.3. The highest BCUT2D eigenvalue weighted by Crippen LogP contribution is 2.43. The number of anilines is 1. The van der Waals surface area contributed by atoms with Crippen LogP contribution in [0.15, 0.2) is 30.3 Å². The van der Waals surface area contributed by atoms with E-state index in [1.807, 2.05) is 6.07 Å². The van der Waals surface area contributed by atoms with Gasteiger partial charge in [-0.25, -0.2) is 4.98 Å². The molecule has 0 radical (unpaired) electrons. The van der Waals surface area contributed by atoms with Crippen LogP contribution in [-0.4, -0.2) is 38.3 Å². The Bertz CT molecular complexity index is 1080. The monoisotopic (exact) mass is 482 g/mol. The van der Waals surface area contributed by atoms with E-state index in [2.05, 4.69) is 34.6 Å². The van der Waals surface area contributed by atoms with Gasteiger partial charge in [-0.2, -0.15) is 0 Å². The molecule has 0 saturated carbocycles. The summed E-state index contributed by atoms with van der Waals surface area (Å²) in [5, 5.41) is 4.23. The molecule has 0 fully saturated rings. The molecule has 1 heterocycles. The summed E-state index contributed by atoms with van der Waals surface area (Å²) in [5.41, 5.74) is 17.3. The van der Waals surface area contributed by atoms with Gasteiger partial charge >= 0.3 is 0 Å². The zero-order valence-corrected chi connectivity index (χ0v) is 21.3. The highest BCUT2D eigenvalue weighted by Gasteiger charge is 2.29. The van der Waals surface area contributed by atoms with Crippen molar-refractivity contribution in [2.24, 2.45) is 5.73 Å². The number of unbranched alkanes of at least 4 members (excludes halogenated alkanes) is 3. The molecule has 2 atom stereocenters. The van der Waals surface area contributed by atoms with E-state index in [-0.39, 0.29) is 6.04 Å². The summed E-state index contributed by atoms with van der Waals surface area (Å²) < 4.78 is 12.3. The molecular weight excluding hydrogens is 444 g/mol. The lowest BCUT2D eigenvalue weighted by Gasteiger charge is -2.32. The molecule has 0 saturated heterocycles. The lowest BCUT2D eigenvalue weighted by molar-refractivity contribution is 0.343. The fraction of sp³-hybridized carbons (Fsp3) is 0.519. The van der Waals surface area contributed by atoms with Crippen LogP contribution in [0.5, 0.6) is 11.5 Å². The smallest absolute Gasteiger partial charge is 0.181 e. The predicted octanol–water partition coefficient (Wildman–Crippen LogP) is 5.04. The fourth-order valence-corrected chi connectivity index (χ4v) is 5.99. The van der Waals surface area contributed by atoms with Crippen molar-refractivity contribution in [3.63, 3.8) is 0 Å². The minimum absolute atomic E-state index is 0.230. The lowest BCUT2D eigenvalue weighted by atomic mass is 9.76. The summed E-state index contributed by atoms with van der Waals surface area (Å²) in [7, 11) is 3.43. The molecule has 5 N–H and O–H groups in total. The van der Waals surface area contributed by atoms with Crippen molar-refractivity contribution >= 4 is 26.7 Å². The van der Waals surface area contributed by atoms with Gasteiger partial charge < -0.3 is 26.3 Å². The maximum atomic E-state index is 6.54. The molecular formula is C27H38N4O2S. The Kier molecular flexibility index (Phi) is 8.64. The first-order valence-corrected chi connectivity index (χ1v) is 13.3. The van der Waals surface area contributed by atoms with E-state index < -0.39 is 0 Å². The third kappa shape index (κ3) is 5.82. The topological polar surface area (TPSA) is 95.4 Å². The number of benzene rings is 2. The van der Waals surface area contributed by atoms with E-state index in [0.717, 1.165) is 55.8 Å². The molecule has 0 spiro atoms. The van der Waals surface area contributed by atoms with E-state index in [0.29, 0.717) is 11.0 Å². The molecule has 7 heteroatoms. The maximum absolute atomic E-state index is 6.54. The van der Waals surface area contributed by atoms with Crippen LogP contribution < -0.4 is 26.3 Å². The van der Waals surface area contributed by atoms with Crippen LogP contribution in [0.4, 0.5) is 5.13 Å². The summed E-state index contributed by atoms with van der Waals surface area (Å²) >= 11 is 1.56. The Balaban J connectivity index is 1.15. The quantitative estimate of drug-likeness (QED) is 0.313. The second kappa shape index (κ2) is 11.9. The maximum Gasteiger partial charge on any atom is 0.181 e. The van der Waals surface area contributed by atoms with Gasteiger partial charge in [-0.1, -0.05) is 42.7 Å². The molecule has 4 rings (SSSR count). The normalized spacial score (nSPS) is 17.6. The number of hydrogen-bond donors (Lipinski definition) is 3. The van der Waals surface area contributed by atoms with E-state index in [1.165, 1.54) is 47.1 Å². The summed E-state index contributed by atoms with van der Waals surface area (Å²) in [5.74, 6) is 2.11. The number of nitrogen functional groups attached to an aromatic ring is 1. The number of nitrogens with zero attached hydrogens (tertiary/aromatic N) is 1. The highest BCUT2D eigenvalue weighted by molar-refractivity contribution is 7.22. The summed E-state index contributed by atoms with van der Waals surface area (Å²) in [6.45, 7) is 2.07. The number of thiazole rings is 1. The van der Waals surface area contributed by atoms with Crippen LogP contribution in [0.3, 0.4) is 0 Å². The van der Waals surface area contributed by atoms with Gasteiger partial charge in [0.05, 0.1) is 24.4 Å². The molecule has 184 valence electrons. The van der Waals surface area contributed by atoms with Crippen LogP contribution in [0.1, 0.15) is 61.1 Å². The summed E-state index contributed by atoms with van der Waals surface area (Å²) in [6.07, 6.45) is 9.06. The third-order valence-electron chi connectivity index (χ3n) is 7.01. The third-order valence-corrected chi connectivity index (χ3v) is 7.85. The average Bonchev–Trinajstić information content (AvgIpc) is 3.22. The van der Waals surface area contributed by atoms with E-state index in [9.17, 15) is 0 Å². The van der Waals surface area contributed by atoms with Gasteiger partial charge in [-0.3, -0.25) is 0 Å². The van der Waals surface area contributed by atoms with Gasteiger partial charge in [0.1, 0.15) is 0 Å². The Morgan fingerprint density at radius 2 is 1.91 bits per heavy atom. The van der Waals surface area contributed by atoms with Crippen LogP contribution in [-0.2, 0) is 12.8 Å². The summed E-state index contributed by atoms with van der Waals surface area (Å²) in [4.78, 5) is 4.32. The largest absolute Gasteiger partial charge is 0.493 e. The first-order valence-electron chi connectivity index (χ1n) is 12.5. The molecule has 1 aromatic heterocycles. The van der Waals surface area contributed by atoms with E-state index in [1.54, 1.807) is 25.6 Å². The van der Waals surface area contributed by atoms with Gasteiger partial charge in [0, 0.05) is 11.6 Å². The Morgan fingerprint density at radius 1 is 1.06 bits per heavy atom. The molecule has 0 amide bonds. The van der Waals surface area contributed by atoms with Gasteiger partial charge in [0.25, 0.3) is 0 Å². The number of nitrogens with one attached hydrogen (secondary N) is 1. The number of aromatic nitrogens is 1. The number of ether oxygens (including phenoxy) is 2. The molecule has 2 aromatic carbocycles. The molecule has 34 heavy (non-hydrogen) atoms. The standard InChI is InChI=1S/C27H38N4O2S/c1-32-24-13-10-19-20(22(28)11-9-21(19)26(24)33-2)7-5-3-4-6-15-30-16-14-18-8-12-23-25(17-18)34-27(29)31-23/h8,10,12-13,17,20,22,30H,3-7,9,11,14-16,28H2,1-2H3,(H2,29,31). The molecule has 6 nitrogen and oxygen atoms in total. The van der Waals surface area contributed by atoms with Crippen LogP contribution in [0.25, 0.3) is 10.2 Å². The van der Waals surface area contributed by atoms with Gasteiger partial charge in [0.2, 0.25) is 0 Å². The Labute approximate surface area is 207 Å². The average molecular weight is 483 g/mol. The van der Waals surface area contributed by atoms with E-state index >= 15 is 0 Å². The zero-order valence-electron chi connectivity index (χ0n) is 20.4. The minimum atomic E-state index is 0.230. The molecule has 3 aromatic rings. The SMILES string of the molecule is COc1ccc2c(c1OC)CCC(N)C2CCCCCCNCCc1ccc2nc(N)sc2c1. The van der Waals surface area contributed by atoms with Crippen molar-refractivity contribution in [1.82, 2.24) is 10.3 Å². The highest BCUT2D eigenvalue weighted by atomic mass is 32.1. The van der Waals surface area contributed by atoms with Gasteiger partial charge in [0.15, 0.2) is 16.6 Å².